The first-order chi connectivity index (χ1) is 60.8. The molecule has 0 saturated carbocycles. The molecule has 0 spiro atoms. The number of hydrogen-bond acceptors (Lipinski definition) is 28. The molecule has 5 aliphatic rings. The van der Waals surface area contributed by atoms with Crippen LogP contribution < -0.4 is 58.7 Å². The summed E-state index contributed by atoms with van der Waals surface area (Å²) in [6.07, 6.45) is 11.3. The van der Waals surface area contributed by atoms with E-state index in [9.17, 15) is 57.8 Å². The molecule has 1 aromatic rings. The summed E-state index contributed by atoms with van der Waals surface area (Å²) in [6, 6.07) is 2.49. The number of anilines is 1. The summed E-state index contributed by atoms with van der Waals surface area (Å²) in [7, 11) is 7.64. The van der Waals surface area contributed by atoms with Gasteiger partial charge in [-0.3, -0.25) is 57.7 Å². The summed E-state index contributed by atoms with van der Waals surface area (Å²) in [6.45, 7) is 55.7. The van der Waals surface area contributed by atoms with Gasteiger partial charge in [-0.25, -0.2) is 0 Å². The molecule has 5 aliphatic heterocycles. The molecule has 11 amide bonds. The Balaban J connectivity index is -0.00000139. The van der Waals surface area contributed by atoms with Gasteiger partial charge in [-0.2, -0.15) is 0 Å². The SMILES string of the molecule is CC(=O)N1CCC(NC(=O)COC(C)C)CC1.CC(=O)N1CCN(C(=O)COC(C)C)CC1.CC(C)OCC(=O)NC1CCN(C)CC1.CC(C)OCC(=O)NC1CCNCC1.CC(C)OCC(=O)NCCN.CC(C)OCC(=O)NCCN(C)C.CC(C)OCC(=O)Nc1cncc([O-])c1.CCN1CCC(NC(=O)COC(C)C)CC1.COCCNC(=O)COC(C)C. The zero-order valence-electron chi connectivity index (χ0n) is 83.4. The number of rotatable bonds is 41. The average Bonchev–Trinajstić information content (AvgIpc) is 0.892. The number of carbonyl (C=O) groups is 11. The molecule has 39 heteroatoms. The second kappa shape index (κ2) is 79.1. The van der Waals surface area contributed by atoms with E-state index in [1.165, 1.54) is 18.5 Å². The third-order valence-corrected chi connectivity index (χ3v) is 18.5. The number of pyridine rings is 1. The maximum Gasteiger partial charge on any atom is 0.250 e. The summed E-state index contributed by atoms with van der Waals surface area (Å²) >= 11 is 0. The predicted molar refractivity (Wildman–Crippen MR) is 499 cm³/mol. The highest BCUT2D eigenvalue weighted by Gasteiger charge is 2.26. The number of likely N-dealkylation sites (tertiary alicyclic amines) is 3. The van der Waals surface area contributed by atoms with E-state index < -0.39 is 0 Å². The highest BCUT2D eigenvalue weighted by Crippen LogP contribution is 2.14. The first-order valence-electron chi connectivity index (χ1n) is 46.0. The van der Waals surface area contributed by atoms with E-state index >= 15 is 0 Å². The molecular weight excluding hydrogens is 1670 g/mol. The minimum atomic E-state index is -0.295. The van der Waals surface area contributed by atoms with E-state index in [1.807, 2.05) is 149 Å². The lowest BCUT2D eigenvalue weighted by molar-refractivity contribution is -0.268. The molecule has 0 atom stereocenters. The van der Waals surface area contributed by atoms with Crippen LogP contribution in [0, 0.1) is 0 Å². The third kappa shape index (κ3) is 81.1. The summed E-state index contributed by atoms with van der Waals surface area (Å²) in [5.41, 5.74) is 5.57. The van der Waals surface area contributed by atoms with Crippen LogP contribution in [0.4, 0.5) is 5.69 Å². The Morgan fingerprint density at radius 3 is 1.07 bits per heavy atom. The Kier molecular flexibility index (Phi) is 77.1. The van der Waals surface area contributed by atoms with Gasteiger partial charge in [0.05, 0.1) is 73.4 Å². The molecule has 752 valence electrons. The second-order valence-electron chi connectivity index (χ2n) is 34.1. The van der Waals surface area contributed by atoms with Crippen molar-refractivity contribution in [2.45, 2.75) is 276 Å². The standard InChI is InChI=1S/C12H22N2O3.C12H24N2O2.C11H20N2O3.C11H22N2O2.C10H14N2O3.C10H20N2O2.C9H20N2O2.C8H17NO3.C7H16N2O2/c1-9(2)17-8-12(16)13-11-4-6-14(7-5-11)10(3)15;1-4-14-7-5-11(6-8-14)13-12(15)9-16-10(2)3;1-9(2)16-8-11(15)13-6-4-12(5-7-13)10(3)14;1-9(2)15-8-11(14)12-10-4-6-13(3)7-5-10;1-7(2)15-6-10(14)12-8-3-9(13)5-11-4-8;1-8(2)14-7-10(13)12-9-3-5-11-6-4-9;1-8(2)13-7-9(12)10-5-6-11(3)4;1-7(2)12-6-8(10)9-4-5-11-3;1-6(2)11-5-7(10)9-4-3-8/h9,11H,4-8H2,1-3H3,(H,13,16);10-11H,4-9H2,1-3H3,(H,13,15);9H,4-8H2,1-3H3;9-10H,4-8H2,1-3H3,(H,12,14);3-5,7,13H,6H2,1-2H3,(H,12,14);8-9,11H,3-7H2,1-2H3,(H,12,13);8H,5-7H2,1-4H3,(H,10,12);7H,4-6H2,1-3H3,(H,9,10);6H,3-5,8H2,1-2H3,(H,9,10)/p-1. The van der Waals surface area contributed by atoms with Crippen LogP contribution in [-0.4, -0.2) is 391 Å². The van der Waals surface area contributed by atoms with Gasteiger partial charge in [0.2, 0.25) is 65.0 Å². The topological polar surface area (TPSA) is 470 Å². The molecule has 39 nitrogen and oxygen atoms in total. The Morgan fingerprint density at radius 2 is 0.736 bits per heavy atom. The lowest BCUT2D eigenvalue weighted by atomic mass is 10.1. The number of nitrogens with two attached hydrogens (primary N) is 1. The van der Waals surface area contributed by atoms with Gasteiger partial charge in [0.1, 0.15) is 59.5 Å². The van der Waals surface area contributed by atoms with Crippen molar-refractivity contribution in [3.05, 3.63) is 18.5 Å². The molecule has 0 bridgehead atoms. The number of nitrogens with zero attached hydrogens (tertiary/aromatic N) is 7. The molecule has 6 rings (SSSR count). The fraction of sp³-hybridized carbons (Fsp3) is 0.822. The van der Waals surface area contributed by atoms with E-state index in [0.717, 1.165) is 117 Å². The lowest BCUT2D eigenvalue weighted by Crippen LogP contribution is -2.51. The van der Waals surface area contributed by atoms with Crippen LogP contribution in [0.2, 0.25) is 0 Å². The Morgan fingerprint density at radius 1 is 0.426 bits per heavy atom. The monoisotopic (exact) mass is 1850 g/mol. The van der Waals surface area contributed by atoms with Crippen molar-refractivity contribution in [3.8, 4) is 5.75 Å². The van der Waals surface area contributed by atoms with Gasteiger partial charge < -0.3 is 135 Å². The zero-order valence-corrected chi connectivity index (χ0v) is 83.4. The average molecular weight is 1850 g/mol. The van der Waals surface area contributed by atoms with Gasteiger partial charge in [-0.1, -0.05) is 12.7 Å². The quantitative estimate of drug-likeness (QED) is 0.0421. The fourth-order valence-corrected chi connectivity index (χ4v) is 11.2. The summed E-state index contributed by atoms with van der Waals surface area (Å²) < 4.78 is 51.3. The van der Waals surface area contributed by atoms with Crippen LogP contribution in [0.15, 0.2) is 18.5 Å². The van der Waals surface area contributed by atoms with Crippen molar-refractivity contribution in [2.24, 2.45) is 5.73 Å². The van der Waals surface area contributed by atoms with Gasteiger partial charge in [-0.05, 0) is 236 Å². The molecule has 0 unspecified atom stereocenters. The number of amides is 11. The maximum absolute atomic E-state index is 11.7. The predicted octanol–water partition coefficient (Wildman–Crippen LogP) is 2.82. The zero-order chi connectivity index (χ0) is 98.2. The third-order valence-electron chi connectivity index (χ3n) is 18.5. The van der Waals surface area contributed by atoms with E-state index in [2.05, 4.69) is 76.6 Å². The van der Waals surface area contributed by atoms with Crippen molar-refractivity contribution in [1.29, 1.82) is 0 Å². The second-order valence-corrected chi connectivity index (χ2v) is 34.1. The number of nitrogens with one attached hydrogen (secondary N) is 9. The minimum absolute atomic E-state index is 0.000261. The Bertz CT molecular complexity index is 3090. The fourth-order valence-electron chi connectivity index (χ4n) is 11.2. The first-order valence-corrected chi connectivity index (χ1v) is 46.0. The summed E-state index contributed by atoms with van der Waals surface area (Å²) in [5.74, 6) is -0.623. The van der Waals surface area contributed by atoms with Crippen molar-refractivity contribution in [2.75, 3.05) is 217 Å². The number of piperazine rings is 1. The van der Waals surface area contributed by atoms with Crippen molar-refractivity contribution >= 4 is 70.7 Å². The number of ether oxygens (including phenoxy) is 10. The van der Waals surface area contributed by atoms with Crippen LogP contribution in [0.1, 0.15) is 197 Å². The van der Waals surface area contributed by atoms with E-state index in [0.29, 0.717) is 82.8 Å². The molecule has 0 radical (unpaired) electrons. The first kappa shape index (κ1) is 126. The van der Waals surface area contributed by atoms with Gasteiger partial charge >= 0.3 is 0 Å². The largest absolute Gasteiger partial charge is 0.871 e. The van der Waals surface area contributed by atoms with Crippen LogP contribution >= 0.6 is 0 Å². The van der Waals surface area contributed by atoms with E-state index in [4.69, 9.17) is 53.1 Å². The molecule has 129 heavy (non-hydrogen) atoms. The number of hydrogen-bond donors (Lipinski definition) is 10. The molecule has 6 heterocycles. The molecular formula is C90H174N17O22-. The van der Waals surface area contributed by atoms with Crippen molar-refractivity contribution < 1.29 is 105 Å². The summed E-state index contributed by atoms with van der Waals surface area (Å²) in [4.78, 5) is 140. The lowest BCUT2D eigenvalue weighted by Gasteiger charge is -2.34. The number of methoxy groups -OCH3 is 1. The molecule has 5 fully saturated rings. The molecule has 5 saturated heterocycles. The van der Waals surface area contributed by atoms with Gasteiger partial charge in [0.25, 0.3) is 0 Å². The van der Waals surface area contributed by atoms with Gasteiger partial charge in [0, 0.05) is 136 Å². The number of aromatic nitrogens is 1. The minimum Gasteiger partial charge on any atom is -0.871 e. The normalized spacial score (nSPS) is 15.1. The van der Waals surface area contributed by atoms with E-state index in [-0.39, 0.29) is 191 Å². The number of likely N-dealkylation sites (N-methyl/N-ethyl adjacent to an activating group) is 1. The molecule has 1 aromatic heterocycles. The maximum atomic E-state index is 11.7. The highest BCUT2D eigenvalue weighted by molar-refractivity contribution is 5.91. The van der Waals surface area contributed by atoms with Crippen LogP contribution in [-0.2, 0) is 100 Å². The van der Waals surface area contributed by atoms with Crippen molar-refractivity contribution in [1.82, 2.24) is 76.9 Å². The van der Waals surface area contributed by atoms with Crippen LogP contribution in [0.3, 0.4) is 0 Å². The van der Waals surface area contributed by atoms with Gasteiger partial charge in [-0.15, -0.1) is 0 Å². The smallest absolute Gasteiger partial charge is 0.250 e. The Labute approximate surface area is 772 Å². The van der Waals surface area contributed by atoms with Crippen molar-refractivity contribution in [3.63, 3.8) is 0 Å². The molecule has 0 aliphatic carbocycles. The summed E-state index contributed by atoms with van der Waals surface area (Å²) in [5, 5.41) is 36.6. The van der Waals surface area contributed by atoms with E-state index in [1.54, 1.807) is 30.8 Å². The molecule has 11 N–H and O–H groups in total. The van der Waals surface area contributed by atoms with Crippen LogP contribution in [0.5, 0.6) is 5.75 Å². The van der Waals surface area contributed by atoms with Crippen LogP contribution in [0.25, 0.3) is 0 Å². The molecule has 0 aromatic carbocycles. The highest BCUT2D eigenvalue weighted by atomic mass is 16.5. The Hall–Kier alpha value is -7.48. The number of carbonyl (C=O) groups excluding carboxylic acids is 11. The number of piperidine rings is 4. The van der Waals surface area contributed by atoms with Gasteiger partial charge in [0.15, 0.2) is 0 Å².